The number of ether oxygens (including phenoxy) is 1. The average Bonchev–Trinajstić information content (AvgIpc) is 3.22. The number of anilines is 1. The normalized spacial score (nSPS) is 12.7. The van der Waals surface area contributed by atoms with E-state index < -0.39 is 0 Å². The average molecular weight is 437 g/mol. The number of thiazole rings is 1. The standard InChI is InChI=1S/C23H24N4O3S/c1-16-24-19(15-31-16)14-30-20-10-8-18(9-11-20)23(29)26-25-22(28)13-27-12-4-6-17-5-2-3-7-21(17)27/h2-3,5,7-11,15H,4,6,12-14H2,1H3,(H,25,28)(H,26,29). The molecule has 4 rings (SSSR count). The number of aromatic nitrogens is 1. The van der Waals surface area contributed by atoms with Gasteiger partial charge in [-0.15, -0.1) is 11.3 Å². The molecule has 0 atom stereocenters. The van der Waals surface area contributed by atoms with Crippen molar-refractivity contribution in [2.75, 3.05) is 18.0 Å². The molecule has 0 unspecified atom stereocenters. The SMILES string of the molecule is Cc1nc(COc2ccc(C(=O)NNC(=O)CN3CCCc4ccccc43)cc2)cs1. The minimum Gasteiger partial charge on any atom is -0.487 e. The molecule has 0 saturated heterocycles. The number of carbonyl (C=O) groups is 2. The predicted molar refractivity (Wildman–Crippen MR) is 120 cm³/mol. The summed E-state index contributed by atoms with van der Waals surface area (Å²) in [5.74, 6) is 0.00707. The summed E-state index contributed by atoms with van der Waals surface area (Å²) in [6, 6.07) is 14.9. The molecule has 2 amide bonds. The second kappa shape index (κ2) is 9.61. The molecule has 0 aliphatic carbocycles. The van der Waals surface area contributed by atoms with Crippen LogP contribution in [0.2, 0.25) is 0 Å². The zero-order valence-corrected chi connectivity index (χ0v) is 18.1. The van der Waals surface area contributed by atoms with Crippen molar-refractivity contribution in [1.29, 1.82) is 0 Å². The number of benzene rings is 2. The highest BCUT2D eigenvalue weighted by Gasteiger charge is 2.19. The van der Waals surface area contributed by atoms with Gasteiger partial charge in [0, 0.05) is 23.2 Å². The lowest BCUT2D eigenvalue weighted by molar-refractivity contribution is -0.120. The lowest BCUT2D eigenvalue weighted by atomic mass is 10.0. The Kier molecular flexibility index (Phi) is 6.47. The van der Waals surface area contributed by atoms with Crippen LogP contribution in [0.3, 0.4) is 0 Å². The van der Waals surface area contributed by atoms with Crippen molar-refractivity contribution in [3.63, 3.8) is 0 Å². The molecule has 31 heavy (non-hydrogen) atoms. The van der Waals surface area contributed by atoms with Crippen molar-refractivity contribution in [3.8, 4) is 5.75 Å². The molecule has 2 aromatic carbocycles. The molecule has 0 fully saturated rings. The Morgan fingerprint density at radius 2 is 1.94 bits per heavy atom. The Morgan fingerprint density at radius 1 is 1.13 bits per heavy atom. The molecule has 160 valence electrons. The summed E-state index contributed by atoms with van der Waals surface area (Å²) in [5.41, 5.74) is 8.62. The van der Waals surface area contributed by atoms with Crippen LogP contribution in [0.1, 0.15) is 33.0 Å². The van der Waals surface area contributed by atoms with Gasteiger partial charge in [-0.3, -0.25) is 20.4 Å². The molecular formula is C23H24N4O3S. The lowest BCUT2D eigenvalue weighted by Crippen LogP contribution is -2.47. The highest BCUT2D eigenvalue weighted by Crippen LogP contribution is 2.26. The van der Waals surface area contributed by atoms with E-state index in [0.717, 1.165) is 35.8 Å². The van der Waals surface area contributed by atoms with Crippen LogP contribution in [0.4, 0.5) is 5.69 Å². The van der Waals surface area contributed by atoms with Crippen LogP contribution >= 0.6 is 11.3 Å². The van der Waals surface area contributed by atoms with Crippen molar-refractivity contribution in [2.45, 2.75) is 26.4 Å². The largest absolute Gasteiger partial charge is 0.487 e. The third kappa shape index (κ3) is 5.40. The number of hydrazine groups is 1. The van der Waals surface area contributed by atoms with Crippen molar-refractivity contribution in [2.24, 2.45) is 0 Å². The van der Waals surface area contributed by atoms with Gasteiger partial charge in [0.2, 0.25) is 0 Å². The first kappa shape index (κ1) is 20.9. The van der Waals surface area contributed by atoms with Crippen molar-refractivity contribution in [3.05, 3.63) is 75.7 Å². The molecule has 3 aromatic rings. The molecule has 2 N–H and O–H groups in total. The topological polar surface area (TPSA) is 83.6 Å². The molecule has 2 heterocycles. The van der Waals surface area contributed by atoms with Crippen LogP contribution in [0.15, 0.2) is 53.9 Å². The van der Waals surface area contributed by atoms with E-state index in [-0.39, 0.29) is 18.4 Å². The summed E-state index contributed by atoms with van der Waals surface area (Å²) < 4.78 is 5.69. The predicted octanol–water partition coefficient (Wildman–Crippen LogP) is 3.24. The summed E-state index contributed by atoms with van der Waals surface area (Å²) in [6.45, 7) is 3.35. The van der Waals surface area contributed by atoms with Gasteiger partial charge in [-0.1, -0.05) is 18.2 Å². The molecule has 1 aliphatic heterocycles. The number of hydrogen-bond donors (Lipinski definition) is 2. The van der Waals surface area contributed by atoms with E-state index in [1.807, 2.05) is 35.4 Å². The number of fused-ring (bicyclic) bond motifs is 1. The molecule has 0 bridgehead atoms. The summed E-state index contributed by atoms with van der Waals surface area (Å²) in [5, 5.41) is 2.96. The van der Waals surface area contributed by atoms with E-state index in [2.05, 4.69) is 21.9 Å². The van der Waals surface area contributed by atoms with Crippen LogP contribution in [0.5, 0.6) is 5.75 Å². The Morgan fingerprint density at radius 3 is 2.71 bits per heavy atom. The van der Waals surface area contributed by atoms with E-state index in [1.165, 1.54) is 5.56 Å². The molecule has 0 saturated carbocycles. The highest BCUT2D eigenvalue weighted by molar-refractivity contribution is 7.09. The highest BCUT2D eigenvalue weighted by atomic mass is 32.1. The first-order chi connectivity index (χ1) is 15.1. The van der Waals surface area contributed by atoms with E-state index in [9.17, 15) is 9.59 Å². The molecule has 1 aromatic heterocycles. The quantitative estimate of drug-likeness (QED) is 0.580. The van der Waals surface area contributed by atoms with Crippen molar-refractivity contribution < 1.29 is 14.3 Å². The number of aryl methyl sites for hydroxylation is 2. The van der Waals surface area contributed by atoms with Gasteiger partial charge in [0.15, 0.2) is 0 Å². The molecule has 0 spiro atoms. The van der Waals surface area contributed by atoms with Gasteiger partial charge in [0.25, 0.3) is 11.8 Å². The second-order valence-electron chi connectivity index (χ2n) is 7.33. The van der Waals surface area contributed by atoms with Gasteiger partial charge in [-0.25, -0.2) is 4.98 Å². The maximum Gasteiger partial charge on any atom is 0.269 e. The minimum absolute atomic E-state index is 0.195. The number of rotatable bonds is 6. The van der Waals surface area contributed by atoms with E-state index >= 15 is 0 Å². The van der Waals surface area contributed by atoms with Crippen LogP contribution in [-0.4, -0.2) is 29.9 Å². The number of amides is 2. The van der Waals surface area contributed by atoms with Gasteiger partial charge in [-0.2, -0.15) is 0 Å². The molecule has 8 heteroatoms. The Balaban J connectivity index is 1.25. The summed E-state index contributed by atoms with van der Waals surface area (Å²) in [6.07, 6.45) is 2.03. The molecule has 1 aliphatic rings. The van der Waals surface area contributed by atoms with E-state index in [4.69, 9.17) is 4.74 Å². The van der Waals surface area contributed by atoms with Gasteiger partial charge < -0.3 is 9.64 Å². The smallest absolute Gasteiger partial charge is 0.269 e. The van der Waals surface area contributed by atoms with E-state index in [1.54, 1.807) is 35.6 Å². The van der Waals surface area contributed by atoms with Gasteiger partial charge in [0.1, 0.15) is 12.4 Å². The van der Waals surface area contributed by atoms with Crippen LogP contribution in [0, 0.1) is 6.92 Å². The first-order valence-electron chi connectivity index (χ1n) is 10.1. The fraction of sp³-hybridized carbons (Fsp3) is 0.261. The zero-order chi connectivity index (χ0) is 21.6. The molecular weight excluding hydrogens is 412 g/mol. The van der Waals surface area contributed by atoms with Gasteiger partial charge >= 0.3 is 0 Å². The third-order valence-corrected chi connectivity index (χ3v) is 5.85. The van der Waals surface area contributed by atoms with Crippen LogP contribution in [-0.2, 0) is 17.8 Å². The summed E-state index contributed by atoms with van der Waals surface area (Å²) in [4.78, 5) is 31.1. The van der Waals surface area contributed by atoms with Crippen LogP contribution in [0.25, 0.3) is 0 Å². The second-order valence-corrected chi connectivity index (χ2v) is 8.39. The maximum atomic E-state index is 12.3. The number of carbonyl (C=O) groups excluding carboxylic acids is 2. The van der Waals surface area contributed by atoms with Crippen LogP contribution < -0.4 is 20.5 Å². The number of para-hydroxylation sites is 1. The van der Waals surface area contributed by atoms with Crippen molar-refractivity contribution in [1.82, 2.24) is 15.8 Å². The lowest BCUT2D eigenvalue weighted by Gasteiger charge is -2.30. The zero-order valence-electron chi connectivity index (χ0n) is 17.3. The Hall–Kier alpha value is -3.39. The maximum absolute atomic E-state index is 12.3. The number of hydrogen-bond acceptors (Lipinski definition) is 6. The fourth-order valence-electron chi connectivity index (χ4n) is 3.52. The number of nitrogens with one attached hydrogen (secondary N) is 2. The third-order valence-electron chi connectivity index (χ3n) is 5.03. The fourth-order valence-corrected chi connectivity index (χ4v) is 4.12. The van der Waals surface area contributed by atoms with Gasteiger partial charge in [0.05, 0.1) is 17.2 Å². The minimum atomic E-state index is -0.380. The molecule has 7 nitrogen and oxygen atoms in total. The summed E-state index contributed by atoms with van der Waals surface area (Å²) >= 11 is 1.58. The van der Waals surface area contributed by atoms with Gasteiger partial charge in [-0.05, 0) is 55.7 Å². The monoisotopic (exact) mass is 436 g/mol. The summed E-state index contributed by atoms with van der Waals surface area (Å²) in [7, 11) is 0. The number of nitrogens with zero attached hydrogens (tertiary/aromatic N) is 2. The first-order valence-corrected chi connectivity index (χ1v) is 11.0. The van der Waals surface area contributed by atoms with Crippen molar-refractivity contribution >= 4 is 28.8 Å². The van der Waals surface area contributed by atoms with E-state index in [0.29, 0.717) is 17.9 Å². The molecule has 0 radical (unpaired) electrons. The Labute approximate surface area is 185 Å². The Bertz CT molecular complexity index is 1060.